The molecule has 3 N–H and O–H groups in total. The lowest BCUT2D eigenvalue weighted by Gasteiger charge is -2.25. The average Bonchev–Trinajstić information content (AvgIpc) is 1.77. The molecule has 1 atom stereocenters. The van der Waals surface area contributed by atoms with Crippen LogP contribution in [0.1, 0.15) is 188 Å². The fraction of sp³-hybridized carbons (Fsp3) is 0.471. The number of methoxy groups -OCH3 is 1. The van der Waals surface area contributed by atoms with Crippen molar-refractivity contribution in [3.05, 3.63) is 150 Å². The molecule has 2 aliphatic heterocycles. The number of aryl methyl sites for hydroxylation is 4. The number of hydrogen-bond donors (Lipinski definition) is 2. The van der Waals surface area contributed by atoms with E-state index in [9.17, 15) is 37.2 Å². The highest BCUT2D eigenvalue weighted by Crippen LogP contribution is 2.41. The van der Waals surface area contributed by atoms with Gasteiger partial charge in [0.05, 0.1) is 48.4 Å². The summed E-state index contributed by atoms with van der Waals surface area (Å²) in [5, 5.41) is 10.1. The first-order valence-electron chi connectivity index (χ1n) is 31.6. The number of H-pyrrole nitrogens is 1. The number of likely N-dealkylation sites (N-methyl/N-ethyl adjacent to an activating group) is 1. The zero-order valence-electron chi connectivity index (χ0n) is 57.9. The first-order valence-corrected chi connectivity index (χ1v) is 38.8. The van der Waals surface area contributed by atoms with Crippen LogP contribution in [0.5, 0.6) is 0 Å². The smallest absolute Gasteiger partial charge is 0.355 e. The van der Waals surface area contributed by atoms with Crippen molar-refractivity contribution in [1.82, 2.24) is 19.2 Å². The molecule has 0 radical (unpaired) electrons. The molecule has 0 saturated carbocycles. The van der Waals surface area contributed by atoms with Crippen LogP contribution in [0.3, 0.4) is 0 Å². The Morgan fingerprint density at radius 2 is 1.38 bits per heavy atom. The zero-order valence-corrected chi connectivity index (χ0v) is 64.4. The van der Waals surface area contributed by atoms with Gasteiger partial charge in [0.2, 0.25) is 5.91 Å². The molecule has 6 aromatic rings. The zero-order chi connectivity index (χ0) is 70.9. The average molecular weight is 1460 g/mol. The minimum Gasteiger partial charge on any atom is -0.465 e. The number of amides is 1. The van der Waals surface area contributed by atoms with Crippen molar-refractivity contribution in [3.8, 4) is 10.4 Å². The van der Waals surface area contributed by atoms with Gasteiger partial charge in [-0.15, -0.1) is 68.4 Å². The number of halogens is 1. The summed E-state index contributed by atoms with van der Waals surface area (Å²) < 4.78 is 46.0. The number of nitrogens with zero attached hydrogens (tertiary/aromatic N) is 3. The van der Waals surface area contributed by atoms with Crippen molar-refractivity contribution in [1.29, 1.82) is 0 Å². The summed E-state index contributed by atoms with van der Waals surface area (Å²) in [5.74, 6) is 0.193. The van der Waals surface area contributed by atoms with Gasteiger partial charge in [-0.25, -0.2) is 32.6 Å². The molecule has 17 nitrogen and oxygen atoms in total. The van der Waals surface area contributed by atoms with E-state index in [0.717, 1.165) is 107 Å². The van der Waals surface area contributed by atoms with E-state index < -0.39 is 10.0 Å². The Labute approximate surface area is 591 Å². The highest BCUT2D eigenvalue weighted by Gasteiger charge is 2.30. The highest BCUT2D eigenvalue weighted by atomic mass is 35.5. The maximum absolute atomic E-state index is 12.3. The summed E-state index contributed by atoms with van der Waals surface area (Å²) in [6.07, 6.45) is 8.38. The van der Waals surface area contributed by atoms with Gasteiger partial charge in [-0.3, -0.25) is 9.59 Å². The number of thiophene rings is 4. The van der Waals surface area contributed by atoms with Crippen molar-refractivity contribution in [2.75, 3.05) is 64.6 Å². The fourth-order valence-corrected chi connectivity index (χ4v) is 18.4. The van der Waals surface area contributed by atoms with Crippen LogP contribution in [-0.4, -0.2) is 122 Å². The number of carbonyl (C=O) groups excluding carboxylic acids is 6. The molecule has 0 spiro atoms. The minimum absolute atomic E-state index is 0.164. The summed E-state index contributed by atoms with van der Waals surface area (Å²) in [4.78, 5) is 80.6. The van der Waals surface area contributed by atoms with E-state index in [1.54, 1.807) is 52.6 Å². The van der Waals surface area contributed by atoms with Crippen LogP contribution < -0.4 is 5.73 Å². The molecule has 95 heavy (non-hydrogen) atoms. The Morgan fingerprint density at radius 1 is 0.758 bits per heavy atom. The van der Waals surface area contributed by atoms with Gasteiger partial charge in [-0.05, 0) is 191 Å². The second-order valence-corrected chi connectivity index (χ2v) is 30.9. The van der Waals surface area contributed by atoms with E-state index >= 15 is 0 Å². The number of nitrogens with one attached hydrogen (secondary N) is 1. The number of thiazole rings is 1. The van der Waals surface area contributed by atoms with Gasteiger partial charge in [0.15, 0.2) is 4.21 Å². The number of sulfonamides is 1. The van der Waals surface area contributed by atoms with Crippen molar-refractivity contribution in [2.24, 2.45) is 0 Å². The van der Waals surface area contributed by atoms with Crippen LogP contribution in [0, 0.1) is 34.6 Å². The highest BCUT2D eigenvalue weighted by molar-refractivity contribution is 8.00. The standard InChI is InChI=1S/C13H21NO.C11H11NO2S2.C11H17NO2.C10H16N2O2S2.C10H14O2.C8H8OS2.C7H7ClO2S/c1-6-14(7-2)13(15)12-8-9(3)10(4)11(12)5;1-2-14-11(13)9-7(6-16-10(9)12)8-4-3-5-15-8;1-5-9-7(3)10(12-8(9)4)11(13)14-6-2;1-8-10(15-9(2)11-8)16(13,14)12-6-4-3-5-7-12;1-4-12-10(11)9-6-7(2)5-8(9)3;9-6-4-8(11-5-6)7-2-1-3-10-7;1-4-3-11-6(5(4)8)7(9)10-2/h6-8H2,1-5H3;3-6H,2,12H2,1H3;12H,5-6H2,1-4H3;3-7H2,1-2H3;5H,4,6H2,1-3H3;1-3,8H,4-5H2;3H,1-2H3. The van der Waals surface area contributed by atoms with Crippen molar-refractivity contribution >= 4 is 131 Å². The predicted molar refractivity (Wildman–Crippen MR) is 394 cm³/mol. The number of ether oxygens (including phenoxy) is 4. The number of allylic oxidation sites excluding steroid dienone is 6. The fourth-order valence-electron chi connectivity index (χ4n) is 10.3. The molecule has 25 heteroatoms. The number of nitrogen functional groups attached to an aromatic ring is 1. The second kappa shape index (κ2) is 40.1. The summed E-state index contributed by atoms with van der Waals surface area (Å²) in [7, 11) is -1.94. The number of aromatic amines is 1. The van der Waals surface area contributed by atoms with Gasteiger partial charge in [-0.2, -0.15) is 4.31 Å². The van der Waals surface area contributed by atoms with Crippen molar-refractivity contribution < 1.29 is 56.1 Å². The van der Waals surface area contributed by atoms with Crippen LogP contribution >= 0.6 is 80.0 Å². The van der Waals surface area contributed by atoms with Crippen molar-refractivity contribution in [3.63, 3.8) is 0 Å². The maximum Gasteiger partial charge on any atom is 0.355 e. The Morgan fingerprint density at radius 3 is 1.84 bits per heavy atom. The minimum atomic E-state index is -3.28. The number of thioether (sulfide) groups is 1. The number of carbonyl (C=O) groups is 6. The largest absolute Gasteiger partial charge is 0.465 e. The van der Waals surface area contributed by atoms with Crippen LogP contribution in [0.25, 0.3) is 10.4 Å². The third-order valence-electron chi connectivity index (χ3n) is 15.6. The topological polar surface area (TPSA) is 235 Å². The van der Waals surface area contributed by atoms with E-state index in [4.69, 9.17) is 31.5 Å². The number of aromatic nitrogens is 2. The number of rotatable bonds is 15. The molecule has 520 valence electrons. The molecule has 1 amide bonds. The lowest BCUT2D eigenvalue weighted by molar-refractivity contribution is -0.138. The molecule has 4 aliphatic rings. The third kappa shape index (κ3) is 23.1. The molecule has 8 heterocycles. The van der Waals surface area contributed by atoms with Crippen LogP contribution in [0.4, 0.5) is 5.00 Å². The van der Waals surface area contributed by atoms with Crippen molar-refractivity contribution in [2.45, 2.75) is 165 Å². The lowest BCUT2D eigenvalue weighted by Crippen LogP contribution is -2.35. The summed E-state index contributed by atoms with van der Waals surface area (Å²) in [6.45, 7) is 35.3. The van der Waals surface area contributed by atoms with Gasteiger partial charge in [0, 0.05) is 81.8 Å². The van der Waals surface area contributed by atoms with E-state index in [-0.39, 0.29) is 29.8 Å². The van der Waals surface area contributed by atoms with Crippen LogP contribution in [-0.2, 0) is 49.8 Å². The molecule has 10 rings (SSSR count). The Balaban J connectivity index is 0.000000237. The summed E-state index contributed by atoms with van der Waals surface area (Å²) in [5.41, 5.74) is 20.5. The van der Waals surface area contributed by atoms with Gasteiger partial charge in [0.25, 0.3) is 10.0 Å². The van der Waals surface area contributed by atoms with E-state index in [2.05, 4.69) is 53.8 Å². The molecule has 2 fully saturated rings. The molecule has 1 unspecified atom stereocenters. The van der Waals surface area contributed by atoms with Gasteiger partial charge < -0.3 is 34.6 Å². The lowest BCUT2D eigenvalue weighted by atomic mass is 10.1. The number of esters is 4. The Bertz CT molecular complexity index is 3800. The number of nitrogens with two attached hydrogens (primary N) is 1. The Hall–Kier alpha value is -5.96. The van der Waals surface area contributed by atoms with Crippen LogP contribution in [0.2, 0.25) is 5.02 Å². The number of ketones is 1. The third-order valence-corrected chi connectivity index (χ3v) is 25.0. The molecular formula is C70H94ClN5O12S7. The number of hydrogen-bond acceptors (Lipinski definition) is 20. The molecule has 0 bridgehead atoms. The monoisotopic (exact) mass is 1460 g/mol. The van der Waals surface area contributed by atoms with E-state index in [1.807, 2.05) is 115 Å². The molecular weight excluding hydrogens is 1360 g/mol. The first kappa shape index (κ1) is 81.5. The van der Waals surface area contributed by atoms with Crippen LogP contribution in [0.15, 0.2) is 95.1 Å². The number of piperidine rings is 1. The normalized spacial score (nSPS) is 15.0. The first-order chi connectivity index (χ1) is 45.1. The molecule has 0 aromatic carbocycles. The van der Waals surface area contributed by atoms with Gasteiger partial charge >= 0.3 is 23.9 Å². The van der Waals surface area contributed by atoms with Gasteiger partial charge in [-0.1, -0.05) is 54.3 Å². The molecule has 2 aliphatic carbocycles. The SMILES string of the molecule is CCN(CC)C(=O)C1=C(C)C(C)=C(C)C1.CCOC(=O)C1=C(C)C=C(C)C1.CCOC(=O)c1[nH]c(C)c(CC)c1C.CCOC(=O)c1c(-c2cccs2)csc1N.COC(=O)c1scc(C)c1Cl.Cc1nc(C)c(S(=O)(=O)N2CCCCC2)s1.O=C1CSC(c2cccs2)C1. The second-order valence-electron chi connectivity index (χ2n) is 22.3. The van der Waals surface area contributed by atoms with Gasteiger partial charge in [0.1, 0.15) is 26.9 Å². The number of Topliss-reactive ketones (excluding diaryl/α,β-unsaturated/α-hetero) is 1. The summed E-state index contributed by atoms with van der Waals surface area (Å²) in [6, 6.07) is 8.07. The maximum atomic E-state index is 12.3. The van der Waals surface area contributed by atoms with E-state index in [0.29, 0.717) is 85.8 Å². The predicted octanol–water partition coefficient (Wildman–Crippen LogP) is 17.7. The van der Waals surface area contributed by atoms with E-state index in [1.165, 1.54) is 73.9 Å². The number of anilines is 1. The molecule has 6 aromatic heterocycles. The molecule has 2 saturated heterocycles. The quantitative estimate of drug-likeness (QED) is 0.0718. The summed E-state index contributed by atoms with van der Waals surface area (Å²) >= 11 is 14.8. The Kier molecular flexibility index (Phi) is 34.4.